The molecule has 1 N–H and O–H groups in total. The first-order valence-electron chi connectivity index (χ1n) is 8.28. The number of amides is 1. The minimum Gasteiger partial charge on any atom is -0.497 e. The summed E-state index contributed by atoms with van der Waals surface area (Å²) in [6.45, 7) is 2.30. The normalized spacial score (nSPS) is 13.6. The Bertz CT molecular complexity index is 723. The Kier molecular flexibility index (Phi) is 5.33. The highest BCUT2D eigenvalue weighted by molar-refractivity contribution is 5.95. The molecule has 2 aromatic rings. The molecule has 1 saturated heterocycles. The van der Waals surface area contributed by atoms with Gasteiger partial charge in [-0.1, -0.05) is 0 Å². The number of aromatic nitrogens is 2. The van der Waals surface area contributed by atoms with Crippen LogP contribution in [0.1, 0.15) is 29.0 Å². The van der Waals surface area contributed by atoms with Crippen molar-refractivity contribution in [1.82, 2.24) is 15.3 Å². The van der Waals surface area contributed by atoms with Crippen molar-refractivity contribution in [2.24, 2.45) is 0 Å². The first-order valence-corrected chi connectivity index (χ1v) is 8.28. The highest BCUT2D eigenvalue weighted by Gasteiger charge is 2.15. The lowest BCUT2D eigenvalue weighted by molar-refractivity contribution is 0.0949. The summed E-state index contributed by atoms with van der Waals surface area (Å²) in [6, 6.07) is 6.96. The molecule has 25 heavy (non-hydrogen) atoms. The lowest BCUT2D eigenvalue weighted by atomic mass is 10.2. The SMILES string of the molecule is COc1cc(OC)cc(C(=O)NCc2nccc(N3CCCC3)n2)c1. The van der Waals surface area contributed by atoms with Crippen LogP contribution in [-0.4, -0.2) is 43.2 Å². The molecule has 132 valence electrons. The van der Waals surface area contributed by atoms with Crippen LogP contribution in [-0.2, 0) is 6.54 Å². The predicted molar refractivity (Wildman–Crippen MR) is 94.2 cm³/mol. The zero-order chi connectivity index (χ0) is 17.6. The molecular weight excluding hydrogens is 320 g/mol. The van der Waals surface area contributed by atoms with Crippen LogP contribution in [0.25, 0.3) is 0 Å². The summed E-state index contributed by atoms with van der Waals surface area (Å²) in [4.78, 5) is 23.4. The van der Waals surface area contributed by atoms with E-state index in [0.29, 0.717) is 22.9 Å². The van der Waals surface area contributed by atoms with Crippen molar-refractivity contribution >= 4 is 11.7 Å². The molecule has 7 heteroatoms. The van der Waals surface area contributed by atoms with Crippen LogP contribution in [0.5, 0.6) is 11.5 Å². The summed E-state index contributed by atoms with van der Waals surface area (Å²) >= 11 is 0. The third kappa shape index (κ3) is 4.17. The second-order valence-electron chi connectivity index (χ2n) is 5.81. The number of nitrogens with one attached hydrogen (secondary N) is 1. The highest BCUT2D eigenvalue weighted by Crippen LogP contribution is 2.22. The number of benzene rings is 1. The van der Waals surface area contributed by atoms with Crippen LogP contribution >= 0.6 is 0 Å². The average molecular weight is 342 g/mol. The second kappa shape index (κ2) is 7.83. The molecular formula is C18H22N4O3. The molecule has 1 amide bonds. The molecule has 1 fully saturated rings. The summed E-state index contributed by atoms with van der Waals surface area (Å²) in [5.41, 5.74) is 0.465. The van der Waals surface area contributed by atoms with E-state index >= 15 is 0 Å². The standard InChI is InChI=1S/C18H22N4O3/c1-24-14-9-13(10-15(11-14)25-2)18(23)20-12-16-19-6-5-17(21-16)22-7-3-4-8-22/h5-6,9-11H,3-4,7-8,12H2,1-2H3,(H,20,23). The van der Waals surface area contributed by atoms with Crippen molar-refractivity contribution in [1.29, 1.82) is 0 Å². The van der Waals surface area contributed by atoms with Gasteiger partial charge in [-0.3, -0.25) is 4.79 Å². The van der Waals surface area contributed by atoms with E-state index in [9.17, 15) is 4.79 Å². The van der Waals surface area contributed by atoms with E-state index in [-0.39, 0.29) is 12.5 Å². The summed E-state index contributed by atoms with van der Waals surface area (Å²) in [6.07, 6.45) is 4.11. The van der Waals surface area contributed by atoms with Crippen LogP contribution in [0, 0.1) is 0 Å². The summed E-state index contributed by atoms with van der Waals surface area (Å²) < 4.78 is 10.4. The van der Waals surface area contributed by atoms with Crippen molar-refractivity contribution in [2.75, 3.05) is 32.2 Å². The van der Waals surface area contributed by atoms with Gasteiger partial charge in [-0.25, -0.2) is 9.97 Å². The number of methoxy groups -OCH3 is 2. The van der Waals surface area contributed by atoms with Crippen molar-refractivity contribution in [2.45, 2.75) is 19.4 Å². The fourth-order valence-corrected chi connectivity index (χ4v) is 2.80. The molecule has 0 unspecified atom stereocenters. The van der Waals surface area contributed by atoms with Gasteiger partial charge >= 0.3 is 0 Å². The van der Waals surface area contributed by atoms with Crippen LogP contribution in [0.3, 0.4) is 0 Å². The van der Waals surface area contributed by atoms with E-state index in [4.69, 9.17) is 9.47 Å². The maximum atomic E-state index is 12.4. The van der Waals surface area contributed by atoms with E-state index < -0.39 is 0 Å². The molecule has 0 saturated carbocycles. The Hall–Kier alpha value is -2.83. The van der Waals surface area contributed by atoms with Gasteiger partial charge in [0, 0.05) is 30.9 Å². The third-order valence-electron chi connectivity index (χ3n) is 4.14. The highest BCUT2D eigenvalue weighted by atomic mass is 16.5. The van der Waals surface area contributed by atoms with E-state index in [1.54, 1.807) is 38.6 Å². The van der Waals surface area contributed by atoms with Crippen molar-refractivity contribution < 1.29 is 14.3 Å². The van der Waals surface area contributed by atoms with Crippen LogP contribution < -0.4 is 19.7 Å². The predicted octanol–water partition coefficient (Wildman–Crippen LogP) is 2.02. The van der Waals surface area contributed by atoms with Gasteiger partial charge < -0.3 is 19.7 Å². The molecule has 1 aromatic carbocycles. The summed E-state index contributed by atoms with van der Waals surface area (Å²) in [5.74, 6) is 2.41. The monoisotopic (exact) mass is 342 g/mol. The Morgan fingerprint density at radius 1 is 1.16 bits per heavy atom. The lowest BCUT2D eigenvalue weighted by Gasteiger charge is -2.16. The lowest BCUT2D eigenvalue weighted by Crippen LogP contribution is -2.25. The van der Waals surface area contributed by atoms with Crippen LogP contribution in [0.15, 0.2) is 30.5 Å². The molecule has 1 aliphatic heterocycles. The summed E-state index contributed by atoms with van der Waals surface area (Å²) in [7, 11) is 3.10. The molecule has 1 aliphatic rings. The zero-order valence-corrected chi connectivity index (χ0v) is 14.5. The number of carbonyl (C=O) groups excluding carboxylic acids is 1. The number of anilines is 1. The number of ether oxygens (including phenoxy) is 2. The molecule has 2 heterocycles. The minimum atomic E-state index is -0.229. The Balaban J connectivity index is 1.67. The van der Waals surface area contributed by atoms with Crippen molar-refractivity contribution in [3.05, 3.63) is 41.9 Å². The largest absolute Gasteiger partial charge is 0.497 e. The fraction of sp³-hybridized carbons (Fsp3) is 0.389. The van der Waals surface area contributed by atoms with Gasteiger partial charge in [-0.05, 0) is 31.0 Å². The first-order chi connectivity index (χ1) is 12.2. The molecule has 7 nitrogen and oxygen atoms in total. The minimum absolute atomic E-state index is 0.229. The Morgan fingerprint density at radius 2 is 1.84 bits per heavy atom. The summed E-state index contributed by atoms with van der Waals surface area (Å²) in [5, 5.41) is 2.84. The number of carbonyl (C=O) groups is 1. The van der Waals surface area contributed by atoms with E-state index in [1.807, 2.05) is 6.07 Å². The zero-order valence-electron chi connectivity index (χ0n) is 14.5. The molecule has 0 radical (unpaired) electrons. The van der Waals surface area contributed by atoms with Gasteiger partial charge in [0.25, 0.3) is 5.91 Å². The smallest absolute Gasteiger partial charge is 0.251 e. The van der Waals surface area contributed by atoms with Gasteiger partial charge in [0.2, 0.25) is 0 Å². The average Bonchev–Trinajstić information content (AvgIpc) is 3.20. The topological polar surface area (TPSA) is 76.6 Å². The van der Waals surface area contributed by atoms with Crippen molar-refractivity contribution in [3.63, 3.8) is 0 Å². The van der Waals surface area contributed by atoms with Gasteiger partial charge in [0.15, 0.2) is 0 Å². The van der Waals surface area contributed by atoms with Gasteiger partial charge in [-0.2, -0.15) is 0 Å². The number of nitrogens with zero attached hydrogens (tertiary/aromatic N) is 3. The molecule has 0 aliphatic carbocycles. The quantitative estimate of drug-likeness (QED) is 0.865. The fourth-order valence-electron chi connectivity index (χ4n) is 2.80. The number of rotatable bonds is 6. The Labute approximate surface area is 147 Å². The number of hydrogen-bond acceptors (Lipinski definition) is 6. The van der Waals surface area contributed by atoms with Crippen molar-refractivity contribution in [3.8, 4) is 11.5 Å². The maximum Gasteiger partial charge on any atom is 0.251 e. The molecule has 0 atom stereocenters. The maximum absolute atomic E-state index is 12.4. The van der Waals surface area contributed by atoms with Gasteiger partial charge in [-0.15, -0.1) is 0 Å². The molecule has 3 rings (SSSR count). The van der Waals surface area contributed by atoms with E-state index in [2.05, 4.69) is 20.2 Å². The molecule has 0 bridgehead atoms. The first kappa shape index (κ1) is 17.0. The van der Waals surface area contributed by atoms with Gasteiger partial charge in [0.05, 0.1) is 20.8 Å². The second-order valence-corrected chi connectivity index (χ2v) is 5.81. The molecule has 0 spiro atoms. The Morgan fingerprint density at radius 3 is 2.48 bits per heavy atom. The van der Waals surface area contributed by atoms with Gasteiger partial charge in [0.1, 0.15) is 23.1 Å². The van der Waals surface area contributed by atoms with E-state index in [0.717, 1.165) is 18.9 Å². The van der Waals surface area contributed by atoms with E-state index in [1.165, 1.54) is 12.8 Å². The number of hydrogen-bond donors (Lipinski definition) is 1. The van der Waals surface area contributed by atoms with Crippen LogP contribution in [0.4, 0.5) is 5.82 Å². The molecule has 1 aromatic heterocycles. The third-order valence-corrected chi connectivity index (χ3v) is 4.14. The van der Waals surface area contributed by atoms with Crippen LogP contribution in [0.2, 0.25) is 0 Å².